The van der Waals surface area contributed by atoms with E-state index in [9.17, 15) is 0 Å². The summed E-state index contributed by atoms with van der Waals surface area (Å²) in [6.45, 7) is 5.70. The lowest BCUT2D eigenvalue weighted by Gasteiger charge is -2.28. The predicted octanol–water partition coefficient (Wildman–Crippen LogP) is 3.27. The molecule has 0 spiro atoms. The van der Waals surface area contributed by atoms with Crippen LogP contribution in [0.4, 0.5) is 0 Å². The molecule has 20 heavy (non-hydrogen) atoms. The highest BCUT2D eigenvalue weighted by Gasteiger charge is 2.17. The van der Waals surface area contributed by atoms with Gasteiger partial charge in [0.15, 0.2) is 0 Å². The van der Waals surface area contributed by atoms with E-state index in [1.165, 1.54) is 37.8 Å². The Morgan fingerprint density at radius 3 is 2.60 bits per heavy atom. The lowest BCUT2D eigenvalue weighted by Crippen LogP contribution is -2.40. The fourth-order valence-corrected chi connectivity index (χ4v) is 3.04. The molecule has 3 nitrogen and oxygen atoms in total. The van der Waals surface area contributed by atoms with Crippen LogP contribution in [-0.4, -0.2) is 25.7 Å². The molecule has 3 atom stereocenters. The second-order valence-electron chi connectivity index (χ2n) is 5.95. The maximum absolute atomic E-state index is 5.20. The van der Waals surface area contributed by atoms with Crippen LogP contribution in [0.2, 0.25) is 0 Å². The molecule has 1 heterocycles. The zero-order valence-electron chi connectivity index (χ0n) is 13.0. The van der Waals surface area contributed by atoms with Gasteiger partial charge in [-0.3, -0.25) is 0 Å². The van der Waals surface area contributed by atoms with Crippen LogP contribution in [0.3, 0.4) is 0 Å². The van der Waals surface area contributed by atoms with E-state index in [2.05, 4.69) is 36.6 Å². The van der Waals surface area contributed by atoms with E-state index < -0.39 is 0 Å². The van der Waals surface area contributed by atoms with E-state index in [1.807, 2.05) is 12.1 Å². The fraction of sp³-hybridized carbons (Fsp3) is 0.647. The first-order chi connectivity index (χ1) is 9.69. The molecule has 2 rings (SSSR count). The maximum atomic E-state index is 5.20. The standard InChI is InChI=1S/C17H28N2O/c1-13(12-16-6-4-5-11-18-16)19-14(2)15-7-9-17(20-3)10-8-15/h7-10,13-14,16,18-19H,4-6,11-12H2,1-3H3/t13?,14-,16?/m1/s1. The lowest BCUT2D eigenvalue weighted by atomic mass is 9.98. The van der Waals surface area contributed by atoms with Crippen LogP contribution in [0.25, 0.3) is 0 Å². The largest absolute Gasteiger partial charge is 0.497 e. The third-order valence-electron chi connectivity index (χ3n) is 4.20. The van der Waals surface area contributed by atoms with Crippen LogP contribution >= 0.6 is 0 Å². The van der Waals surface area contributed by atoms with Gasteiger partial charge in [-0.1, -0.05) is 18.6 Å². The fourth-order valence-electron chi connectivity index (χ4n) is 3.04. The summed E-state index contributed by atoms with van der Waals surface area (Å²) < 4.78 is 5.20. The quantitative estimate of drug-likeness (QED) is 0.836. The first kappa shape index (κ1) is 15.3. The van der Waals surface area contributed by atoms with Crippen molar-refractivity contribution in [1.29, 1.82) is 0 Å². The number of methoxy groups -OCH3 is 1. The second kappa shape index (κ2) is 7.65. The van der Waals surface area contributed by atoms with Gasteiger partial charge in [-0.2, -0.15) is 0 Å². The van der Waals surface area contributed by atoms with Gasteiger partial charge in [0.05, 0.1) is 7.11 Å². The summed E-state index contributed by atoms with van der Waals surface area (Å²) in [4.78, 5) is 0. The SMILES string of the molecule is COc1ccc([C@@H](C)NC(C)CC2CCCCN2)cc1. The Morgan fingerprint density at radius 2 is 2.00 bits per heavy atom. The molecule has 0 amide bonds. The van der Waals surface area contributed by atoms with Crippen molar-refractivity contribution in [3.8, 4) is 5.75 Å². The van der Waals surface area contributed by atoms with Crippen LogP contribution in [0.5, 0.6) is 5.75 Å². The third kappa shape index (κ3) is 4.50. The first-order valence-corrected chi connectivity index (χ1v) is 7.82. The van der Waals surface area contributed by atoms with E-state index in [0.29, 0.717) is 18.1 Å². The normalized spacial score (nSPS) is 22.2. The Hall–Kier alpha value is -1.06. The summed E-state index contributed by atoms with van der Waals surface area (Å²) in [5, 5.41) is 7.32. The van der Waals surface area contributed by atoms with Gasteiger partial charge in [0.25, 0.3) is 0 Å². The average Bonchev–Trinajstić information content (AvgIpc) is 2.48. The number of hydrogen-bond donors (Lipinski definition) is 2. The minimum absolute atomic E-state index is 0.375. The molecule has 2 unspecified atom stereocenters. The molecule has 1 aromatic carbocycles. The number of hydrogen-bond acceptors (Lipinski definition) is 3. The summed E-state index contributed by atoms with van der Waals surface area (Å²) in [6.07, 6.45) is 5.24. The van der Waals surface area contributed by atoms with Gasteiger partial charge in [0, 0.05) is 18.1 Å². The molecule has 3 heteroatoms. The smallest absolute Gasteiger partial charge is 0.118 e. The van der Waals surface area contributed by atoms with Gasteiger partial charge in [-0.05, 0) is 57.4 Å². The molecule has 0 bridgehead atoms. The number of nitrogens with one attached hydrogen (secondary N) is 2. The first-order valence-electron chi connectivity index (χ1n) is 7.82. The van der Waals surface area contributed by atoms with Crippen LogP contribution in [-0.2, 0) is 0 Å². The highest BCUT2D eigenvalue weighted by atomic mass is 16.5. The molecule has 2 N–H and O–H groups in total. The lowest BCUT2D eigenvalue weighted by molar-refractivity contribution is 0.334. The van der Waals surface area contributed by atoms with E-state index in [4.69, 9.17) is 4.74 Å². The minimum atomic E-state index is 0.375. The molecule has 1 aliphatic rings. The number of rotatable bonds is 6. The second-order valence-corrected chi connectivity index (χ2v) is 5.95. The zero-order chi connectivity index (χ0) is 14.4. The van der Waals surface area contributed by atoms with Crippen LogP contribution in [0.15, 0.2) is 24.3 Å². The van der Waals surface area contributed by atoms with Crippen molar-refractivity contribution in [3.05, 3.63) is 29.8 Å². The minimum Gasteiger partial charge on any atom is -0.497 e. The Morgan fingerprint density at radius 1 is 1.25 bits per heavy atom. The topological polar surface area (TPSA) is 33.3 Å². The van der Waals surface area contributed by atoms with Gasteiger partial charge >= 0.3 is 0 Å². The van der Waals surface area contributed by atoms with E-state index >= 15 is 0 Å². The molecule has 0 radical (unpaired) electrons. The highest BCUT2D eigenvalue weighted by molar-refractivity contribution is 5.28. The molecule has 1 fully saturated rings. The molecular formula is C17H28N2O. The van der Waals surface area contributed by atoms with Gasteiger partial charge in [0.2, 0.25) is 0 Å². The molecule has 0 saturated carbocycles. The van der Waals surface area contributed by atoms with Crippen LogP contribution in [0, 0.1) is 0 Å². The molecule has 0 aliphatic carbocycles. The highest BCUT2D eigenvalue weighted by Crippen LogP contribution is 2.19. The van der Waals surface area contributed by atoms with Gasteiger partial charge < -0.3 is 15.4 Å². The number of piperidine rings is 1. The Bertz CT molecular complexity index is 384. The third-order valence-corrected chi connectivity index (χ3v) is 4.20. The molecule has 0 aromatic heterocycles. The Balaban J connectivity index is 1.81. The van der Waals surface area contributed by atoms with Crippen molar-refractivity contribution in [3.63, 3.8) is 0 Å². The average molecular weight is 276 g/mol. The van der Waals surface area contributed by atoms with E-state index in [0.717, 1.165) is 5.75 Å². The van der Waals surface area contributed by atoms with Crippen molar-refractivity contribution in [2.24, 2.45) is 0 Å². The summed E-state index contributed by atoms with van der Waals surface area (Å²) in [6, 6.07) is 9.93. The molecule has 1 saturated heterocycles. The predicted molar refractivity (Wildman–Crippen MR) is 84.3 cm³/mol. The summed E-state index contributed by atoms with van der Waals surface area (Å²) in [7, 11) is 1.70. The van der Waals surface area contributed by atoms with Crippen molar-refractivity contribution in [1.82, 2.24) is 10.6 Å². The van der Waals surface area contributed by atoms with Crippen molar-refractivity contribution < 1.29 is 4.74 Å². The van der Waals surface area contributed by atoms with E-state index in [1.54, 1.807) is 7.11 Å². The summed E-state index contributed by atoms with van der Waals surface area (Å²) in [5.41, 5.74) is 1.31. The molecular weight excluding hydrogens is 248 g/mol. The monoisotopic (exact) mass is 276 g/mol. The number of benzene rings is 1. The molecule has 1 aliphatic heterocycles. The Labute approximate surface area is 123 Å². The van der Waals surface area contributed by atoms with E-state index in [-0.39, 0.29) is 0 Å². The van der Waals surface area contributed by atoms with Gasteiger partial charge in [0.1, 0.15) is 5.75 Å². The van der Waals surface area contributed by atoms with Gasteiger partial charge in [-0.15, -0.1) is 0 Å². The molecule has 112 valence electrons. The summed E-state index contributed by atoms with van der Waals surface area (Å²) in [5.74, 6) is 0.917. The van der Waals surface area contributed by atoms with Crippen molar-refractivity contribution >= 4 is 0 Å². The van der Waals surface area contributed by atoms with Gasteiger partial charge in [-0.25, -0.2) is 0 Å². The Kier molecular flexibility index (Phi) is 5.86. The molecule has 1 aromatic rings. The van der Waals surface area contributed by atoms with Crippen molar-refractivity contribution in [2.45, 2.75) is 57.7 Å². The van der Waals surface area contributed by atoms with Crippen LogP contribution in [0.1, 0.15) is 51.1 Å². The summed E-state index contributed by atoms with van der Waals surface area (Å²) >= 11 is 0. The zero-order valence-corrected chi connectivity index (χ0v) is 13.0. The number of ether oxygens (including phenoxy) is 1. The van der Waals surface area contributed by atoms with Crippen LogP contribution < -0.4 is 15.4 Å². The maximum Gasteiger partial charge on any atom is 0.118 e. The van der Waals surface area contributed by atoms with Crippen molar-refractivity contribution in [2.75, 3.05) is 13.7 Å².